The molecule has 17 heavy (non-hydrogen) atoms. The maximum atomic E-state index is 5.99. The van der Waals surface area contributed by atoms with Crippen LogP contribution in [0.1, 0.15) is 44.8 Å². The third-order valence-electron chi connectivity index (χ3n) is 3.69. The van der Waals surface area contributed by atoms with E-state index in [2.05, 4.69) is 24.0 Å². The first-order chi connectivity index (χ1) is 8.07. The lowest BCUT2D eigenvalue weighted by molar-refractivity contribution is -0.0858. The average molecular weight is 239 g/mol. The van der Waals surface area contributed by atoms with Gasteiger partial charge in [0.1, 0.15) is 5.60 Å². The Kier molecular flexibility index (Phi) is 3.49. The molecule has 5 heteroatoms. The minimum absolute atomic E-state index is 0.0585. The van der Waals surface area contributed by atoms with Crippen LogP contribution < -0.4 is 5.73 Å². The van der Waals surface area contributed by atoms with Crippen molar-refractivity contribution in [3.63, 3.8) is 0 Å². The SMILES string of the molecule is COC1(c2noc(CC(N)C(C)C)n2)CCC1. The summed E-state index contributed by atoms with van der Waals surface area (Å²) in [4.78, 5) is 4.41. The predicted octanol–water partition coefficient (Wildman–Crippen LogP) is 1.62. The average Bonchev–Trinajstić information content (AvgIpc) is 2.66. The van der Waals surface area contributed by atoms with Gasteiger partial charge in [0.25, 0.3) is 0 Å². The highest BCUT2D eigenvalue weighted by Crippen LogP contribution is 2.42. The van der Waals surface area contributed by atoms with Crippen LogP contribution in [0.4, 0.5) is 0 Å². The van der Waals surface area contributed by atoms with Crippen LogP contribution in [-0.4, -0.2) is 23.3 Å². The van der Waals surface area contributed by atoms with E-state index in [-0.39, 0.29) is 11.6 Å². The molecule has 0 aliphatic heterocycles. The largest absolute Gasteiger partial charge is 0.370 e. The minimum atomic E-state index is -0.302. The van der Waals surface area contributed by atoms with Gasteiger partial charge in [0.15, 0.2) is 0 Å². The van der Waals surface area contributed by atoms with Gasteiger partial charge in [-0.25, -0.2) is 0 Å². The molecule has 2 N–H and O–H groups in total. The monoisotopic (exact) mass is 239 g/mol. The number of nitrogens with two attached hydrogens (primary N) is 1. The van der Waals surface area contributed by atoms with Crippen LogP contribution in [0.25, 0.3) is 0 Å². The fraction of sp³-hybridized carbons (Fsp3) is 0.833. The zero-order valence-corrected chi connectivity index (χ0v) is 10.8. The third kappa shape index (κ3) is 2.35. The smallest absolute Gasteiger partial charge is 0.228 e. The lowest BCUT2D eigenvalue weighted by atomic mass is 9.79. The molecular weight excluding hydrogens is 218 g/mol. The second-order valence-electron chi connectivity index (χ2n) is 5.18. The lowest BCUT2D eigenvalue weighted by Gasteiger charge is -2.37. The fourth-order valence-electron chi connectivity index (χ4n) is 1.98. The first-order valence-corrected chi connectivity index (χ1v) is 6.21. The summed E-state index contributed by atoms with van der Waals surface area (Å²) in [5.74, 6) is 1.70. The van der Waals surface area contributed by atoms with Crippen molar-refractivity contribution >= 4 is 0 Å². The number of hydrogen-bond acceptors (Lipinski definition) is 5. The molecular formula is C12H21N3O2. The Hall–Kier alpha value is -0.940. The van der Waals surface area contributed by atoms with Gasteiger partial charge in [-0.3, -0.25) is 0 Å². The van der Waals surface area contributed by atoms with Crippen molar-refractivity contribution < 1.29 is 9.26 Å². The summed E-state index contributed by atoms with van der Waals surface area (Å²) in [6.45, 7) is 4.18. The normalized spacial score (nSPS) is 20.3. The van der Waals surface area contributed by atoms with Gasteiger partial charge >= 0.3 is 0 Å². The number of hydrogen-bond donors (Lipinski definition) is 1. The molecule has 1 fully saturated rings. The summed E-state index contributed by atoms with van der Waals surface area (Å²) in [6.07, 6.45) is 3.73. The lowest BCUT2D eigenvalue weighted by Crippen LogP contribution is -2.37. The molecule has 1 unspecified atom stereocenters. The second kappa shape index (κ2) is 4.74. The summed E-state index contributed by atoms with van der Waals surface area (Å²) >= 11 is 0. The molecule has 96 valence electrons. The highest BCUT2D eigenvalue weighted by atomic mass is 16.5. The number of nitrogens with zero attached hydrogens (tertiary/aromatic N) is 2. The van der Waals surface area contributed by atoms with Gasteiger partial charge in [-0.15, -0.1) is 0 Å². The summed E-state index contributed by atoms with van der Waals surface area (Å²) in [6, 6.07) is 0.0585. The summed E-state index contributed by atoms with van der Waals surface area (Å²) in [5, 5.41) is 4.03. The molecule has 0 spiro atoms. The van der Waals surface area contributed by atoms with E-state index in [0.717, 1.165) is 19.3 Å². The molecule has 0 bridgehead atoms. The van der Waals surface area contributed by atoms with Crippen molar-refractivity contribution in [2.24, 2.45) is 11.7 Å². The second-order valence-corrected chi connectivity index (χ2v) is 5.18. The number of rotatable bonds is 5. The van der Waals surface area contributed by atoms with Gasteiger partial charge in [0, 0.05) is 19.6 Å². The van der Waals surface area contributed by atoms with Crippen LogP contribution in [0.5, 0.6) is 0 Å². The Morgan fingerprint density at radius 2 is 2.18 bits per heavy atom. The minimum Gasteiger partial charge on any atom is -0.370 e. The molecule has 0 aromatic carbocycles. The first kappa shape index (κ1) is 12.5. The Morgan fingerprint density at radius 1 is 1.47 bits per heavy atom. The van der Waals surface area contributed by atoms with Crippen LogP contribution in [0.3, 0.4) is 0 Å². The summed E-state index contributed by atoms with van der Waals surface area (Å²) in [7, 11) is 1.70. The van der Waals surface area contributed by atoms with E-state index in [1.807, 2.05) is 0 Å². The topological polar surface area (TPSA) is 74.2 Å². The molecule has 1 aliphatic rings. The molecule has 1 aromatic rings. The van der Waals surface area contributed by atoms with Gasteiger partial charge < -0.3 is 15.0 Å². The fourth-order valence-corrected chi connectivity index (χ4v) is 1.98. The summed E-state index contributed by atoms with van der Waals surface area (Å²) < 4.78 is 10.8. The van der Waals surface area contributed by atoms with Crippen molar-refractivity contribution in [2.75, 3.05) is 7.11 Å². The summed E-state index contributed by atoms with van der Waals surface area (Å²) in [5.41, 5.74) is 5.68. The third-order valence-corrected chi connectivity index (χ3v) is 3.69. The Balaban J connectivity index is 2.05. The standard InChI is InChI=1S/C12H21N3O2/c1-8(2)9(13)7-10-14-11(15-17-10)12(16-3)5-4-6-12/h8-9H,4-7,13H2,1-3H3. The number of ether oxygens (including phenoxy) is 1. The van der Waals surface area contributed by atoms with Gasteiger partial charge in [0.05, 0.1) is 0 Å². The van der Waals surface area contributed by atoms with Crippen LogP contribution in [0.15, 0.2) is 4.52 Å². The van der Waals surface area contributed by atoms with Crippen molar-refractivity contribution in [1.29, 1.82) is 0 Å². The van der Waals surface area contributed by atoms with Gasteiger partial charge in [-0.05, 0) is 25.2 Å². The highest BCUT2D eigenvalue weighted by Gasteiger charge is 2.43. The van der Waals surface area contributed by atoms with Crippen LogP contribution >= 0.6 is 0 Å². The van der Waals surface area contributed by atoms with E-state index in [4.69, 9.17) is 15.0 Å². The van der Waals surface area contributed by atoms with Gasteiger partial charge in [0.2, 0.25) is 11.7 Å². The molecule has 0 saturated heterocycles. The van der Waals surface area contributed by atoms with E-state index in [1.54, 1.807) is 7.11 Å². The van der Waals surface area contributed by atoms with E-state index in [9.17, 15) is 0 Å². The Labute approximate surface area is 102 Å². The van der Waals surface area contributed by atoms with E-state index in [1.165, 1.54) is 0 Å². The van der Waals surface area contributed by atoms with Crippen LogP contribution in [-0.2, 0) is 16.8 Å². The van der Waals surface area contributed by atoms with E-state index >= 15 is 0 Å². The van der Waals surface area contributed by atoms with Crippen molar-refractivity contribution in [3.8, 4) is 0 Å². The molecule has 1 atom stereocenters. The molecule has 1 heterocycles. The quantitative estimate of drug-likeness (QED) is 0.845. The zero-order chi connectivity index (χ0) is 12.5. The van der Waals surface area contributed by atoms with Gasteiger partial charge in [-0.1, -0.05) is 19.0 Å². The highest BCUT2D eigenvalue weighted by molar-refractivity contribution is 5.07. The molecule has 1 aromatic heterocycles. The van der Waals surface area contributed by atoms with E-state index in [0.29, 0.717) is 24.1 Å². The van der Waals surface area contributed by atoms with Crippen molar-refractivity contribution in [3.05, 3.63) is 11.7 Å². The zero-order valence-electron chi connectivity index (χ0n) is 10.8. The number of methoxy groups -OCH3 is 1. The number of aromatic nitrogens is 2. The molecule has 0 radical (unpaired) electrons. The van der Waals surface area contributed by atoms with Crippen LogP contribution in [0, 0.1) is 5.92 Å². The molecule has 2 rings (SSSR count). The first-order valence-electron chi connectivity index (χ1n) is 6.21. The molecule has 5 nitrogen and oxygen atoms in total. The van der Waals surface area contributed by atoms with E-state index < -0.39 is 0 Å². The Bertz CT molecular complexity index is 366. The molecule has 1 aliphatic carbocycles. The Morgan fingerprint density at radius 3 is 2.65 bits per heavy atom. The molecule has 0 amide bonds. The van der Waals surface area contributed by atoms with Crippen molar-refractivity contribution in [2.45, 2.75) is 51.2 Å². The molecule has 1 saturated carbocycles. The van der Waals surface area contributed by atoms with Gasteiger partial charge in [-0.2, -0.15) is 4.98 Å². The van der Waals surface area contributed by atoms with Crippen LogP contribution in [0.2, 0.25) is 0 Å². The maximum Gasteiger partial charge on any atom is 0.228 e. The maximum absolute atomic E-state index is 5.99. The van der Waals surface area contributed by atoms with Crippen molar-refractivity contribution in [1.82, 2.24) is 10.1 Å². The predicted molar refractivity (Wildman–Crippen MR) is 63.4 cm³/mol.